The third-order valence-corrected chi connectivity index (χ3v) is 3.21. The summed E-state index contributed by atoms with van der Waals surface area (Å²) in [6.07, 6.45) is 1.89. The zero-order valence-corrected chi connectivity index (χ0v) is 10.8. The fourth-order valence-corrected chi connectivity index (χ4v) is 2.01. The number of nitrogen functional groups attached to an aromatic ring is 1. The highest BCUT2D eigenvalue weighted by molar-refractivity contribution is 7.99. The van der Waals surface area contributed by atoms with E-state index in [0.717, 1.165) is 23.7 Å². The fourth-order valence-electron chi connectivity index (χ4n) is 1.43. The van der Waals surface area contributed by atoms with Crippen LogP contribution in [0.1, 0.15) is 17.3 Å². The third-order valence-electron chi connectivity index (χ3n) is 2.24. The van der Waals surface area contributed by atoms with Gasteiger partial charge in [0.05, 0.1) is 0 Å². The van der Waals surface area contributed by atoms with E-state index in [4.69, 9.17) is 5.73 Å². The third kappa shape index (κ3) is 4.53. The molecule has 0 fully saturated rings. The predicted molar refractivity (Wildman–Crippen MR) is 76.9 cm³/mol. The van der Waals surface area contributed by atoms with Crippen molar-refractivity contribution in [1.29, 1.82) is 0 Å². The van der Waals surface area contributed by atoms with Crippen LogP contribution in [0, 0.1) is 0 Å². The fraction of sp³-hybridized carbons (Fsp3) is 0.308. The maximum absolute atomic E-state index is 11.2. The molecule has 3 N–H and O–H groups in total. The Balaban J connectivity index is 2.47. The van der Waals surface area contributed by atoms with Gasteiger partial charge in [0.15, 0.2) is 5.78 Å². The first kappa shape index (κ1) is 13.6. The number of carbonyl (C=O) groups excluding carboxylic acids is 1. The number of nitrogens with two attached hydrogens (primary N) is 1. The molecule has 0 aliphatic heterocycles. The molecule has 0 bridgehead atoms. The van der Waals surface area contributed by atoms with E-state index in [2.05, 4.69) is 11.9 Å². The highest BCUT2D eigenvalue weighted by Crippen LogP contribution is 2.18. The van der Waals surface area contributed by atoms with E-state index in [9.17, 15) is 4.79 Å². The average molecular weight is 250 g/mol. The summed E-state index contributed by atoms with van der Waals surface area (Å²) in [7, 11) is 0. The minimum absolute atomic E-state index is 0.00408. The van der Waals surface area contributed by atoms with Crippen LogP contribution in [0.15, 0.2) is 30.9 Å². The molecule has 0 saturated heterocycles. The van der Waals surface area contributed by atoms with Gasteiger partial charge >= 0.3 is 0 Å². The second-order valence-corrected chi connectivity index (χ2v) is 4.80. The quantitative estimate of drug-likeness (QED) is 0.338. The van der Waals surface area contributed by atoms with Crippen LogP contribution < -0.4 is 11.1 Å². The Labute approximate surface area is 106 Å². The maximum atomic E-state index is 11.2. The number of ketones is 1. The van der Waals surface area contributed by atoms with Gasteiger partial charge in [0, 0.05) is 35.0 Å². The van der Waals surface area contributed by atoms with Gasteiger partial charge in [-0.1, -0.05) is 6.08 Å². The molecular formula is C13H18N2OS. The number of rotatable bonds is 7. The summed E-state index contributed by atoms with van der Waals surface area (Å²) in [5, 5.41) is 3.26. The van der Waals surface area contributed by atoms with E-state index in [-0.39, 0.29) is 5.78 Å². The first-order valence-electron chi connectivity index (χ1n) is 5.48. The van der Waals surface area contributed by atoms with Gasteiger partial charge in [-0.25, -0.2) is 0 Å². The smallest absolute Gasteiger partial charge is 0.161 e. The molecule has 0 heterocycles. The van der Waals surface area contributed by atoms with Gasteiger partial charge in [0.2, 0.25) is 0 Å². The number of hydrogen-bond donors (Lipinski definition) is 2. The molecule has 1 aromatic rings. The predicted octanol–water partition coefficient (Wildman–Crippen LogP) is 2.80. The second kappa shape index (κ2) is 7.01. The molecule has 0 atom stereocenters. The highest BCUT2D eigenvalue weighted by Gasteiger charge is 2.04. The lowest BCUT2D eigenvalue weighted by Crippen LogP contribution is -2.06. The summed E-state index contributed by atoms with van der Waals surface area (Å²) in [6.45, 7) is 6.06. The molecule has 0 spiro atoms. The van der Waals surface area contributed by atoms with Crippen molar-refractivity contribution in [3.63, 3.8) is 0 Å². The Morgan fingerprint density at radius 1 is 1.59 bits per heavy atom. The van der Waals surface area contributed by atoms with Gasteiger partial charge in [0.25, 0.3) is 0 Å². The van der Waals surface area contributed by atoms with Gasteiger partial charge < -0.3 is 11.1 Å². The van der Waals surface area contributed by atoms with Gasteiger partial charge in [-0.2, -0.15) is 11.8 Å². The van der Waals surface area contributed by atoms with Crippen molar-refractivity contribution < 1.29 is 4.79 Å². The zero-order valence-electron chi connectivity index (χ0n) is 10.0. The highest BCUT2D eigenvalue weighted by atomic mass is 32.2. The Bertz CT molecular complexity index is 404. The first-order valence-corrected chi connectivity index (χ1v) is 6.63. The molecule has 0 aliphatic rings. The summed E-state index contributed by atoms with van der Waals surface area (Å²) in [6, 6.07) is 5.44. The van der Waals surface area contributed by atoms with Crippen molar-refractivity contribution in [2.45, 2.75) is 6.92 Å². The van der Waals surface area contributed by atoms with Crippen LogP contribution in [-0.4, -0.2) is 23.8 Å². The summed E-state index contributed by atoms with van der Waals surface area (Å²) in [5.41, 5.74) is 7.85. The Kier molecular flexibility index (Phi) is 5.63. The molecule has 0 aliphatic carbocycles. The molecule has 4 heteroatoms. The number of nitrogens with one attached hydrogen (secondary N) is 1. The molecule has 17 heavy (non-hydrogen) atoms. The number of anilines is 2. The lowest BCUT2D eigenvalue weighted by Gasteiger charge is -2.08. The minimum Gasteiger partial charge on any atom is -0.398 e. The van der Waals surface area contributed by atoms with Gasteiger partial charge in [0.1, 0.15) is 0 Å². The molecule has 92 valence electrons. The van der Waals surface area contributed by atoms with Crippen molar-refractivity contribution in [2.24, 2.45) is 0 Å². The van der Waals surface area contributed by atoms with E-state index < -0.39 is 0 Å². The lowest BCUT2D eigenvalue weighted by atomic mass is 10.1. The van der Waals surface area contributed by atoms with E-state index in [1.807, 2.05) is 23.9 Å². The standard InChI is InChI=1S/C13H18N2OS/c1-3-7-17-8-6-15-11-4-5-12(10(2)16)13(14)9-11/h3-5,9,15H,1,6-8,14H2,2H3. The number of thioether (sulfide) groups is 1. The molecular weight excluding hydrogens is 232 g/mol. The Hall–Kier alpha value is -1.42. The van der Waals surface area contributed by atoms with E-state index >= 15 is 0 Å². The van der Waals surface area contributed by atoms with Crippen LogP contribution in [0.5, 0.6) is 0 Å². The van der Waals surface area contributed by atoms with Gasteiger partial charge in [-0.15, -0.1) is 6.58 Å². The van der Waals surface area contributed by atoms with Gasteiger partial charge in [-0.05, 0) is 25.1 Å². The van der Waals surface area contributed by atoms with Crippen LogP contribution in [0.4, 0.5) is 11.4 Å². The zero-order chi connectivity index (χ0) is 12.7. The number of Topliss-reactive ketones (excluding diaryl/α,β-unsaturated/α-hetero) is 1. The van der Waals surface area contributed by atoms with Crippen LogP contribution >= 0.6 is 11.8 Å². The molecule has 0 unspecified atom stereocenters. The summed E-state index contributed by atoms with van der Waals surface area (Å²) in [5.74, 6) is 1.98. The Morgan fingerprint density at radius 3 is 2.94 bits per heavy atom. The summed E-state index contributed by atoms with van der Waals surface area (Å²) >= 11 is 1.82. The van der Waals surface area contributed by atoms with Crippen molar-refractivity contribution in [2.75, 3.05) is 29.1 Å². The Morgan fingerprint density at radius 2 is 2.35 bits per heavy atom. The average Bonchev–Trinajstić information content (AvgIpc) is 2.28. The molecule has 0 radical (unpaired) electrons. The van der Waals surface area contributed by atoms with Crippen molar-refractivity contribution in [1.82, 2.24) is 0 Å². The largest absolute Gasteiger partial charge is 0.398 e. The number of carbonyl (C=O) groups is 1. The van der Waals surface area contributed by atoms with E-state index in [1.165, 1.54) is 6.92 Å². The van der Waals surface area contributed by atoms with Crippen molar-refractivity contribution >= 4 is 28.9 Å². The number of hydrogen-bond acceptors (Lipinski definition) is 4. The van der Waals surface area contributed by atoms with E-state index in [1.54, 1.807) is 12.1 Å². The van der Waals surface area contributed by atoms with Crippen LogP contribution in [0.2, 0.25) is 0 Å². The molecule has 1 rings (SSSR count). The normalized spacial score (nSPS) is 9.94. The molecule has 0 aromatic heterocycles. The van der Waals surface area contributed by atoms with Crippen molar-refractivity contribution in [3.05, 3.63) is 36.4 Å². The minimum atomic E-state index is -0.00408. The first-order chi connectivity index (χ1) is 8.15. The summed E-state index contributed by atoms with van der Waals surface area (Å²) in [4.78, 5) is 11.2. The lowest BCUT2D eigenvalue weighted by molar-refractivity contribution is 0.101. The van der Waals surface area contributed by atoms with Crippen LogP contribution in [0.3, 0.4) is 0 Å². The maximum Gasteiger partial charge on any atom is 0.161 e. The molecule has 0 saturated carbocycles. The second-order valence-electron chi connectivity index (χ2n) is 3.65. The SMILES string of the molecule is C=CCSCCNc1ccc(C(C)=O)c(N)c1. The van der Waals surface area contributed by atoms with E-state index in [0.29, 0.717) is 11.3 Å². The van der Waals surface area contributed by atoms with Crippen LogP contribution in [-0.2, 0) is 0 Å². The van der Waals surface area contributed by atoms with Gasteiger partial charge in [-0.3, -0.25) is 4.79 Å². The number of benzene rings is 1. The van der Waals surface area contributed by atoms with Crippen molar-refractivity contribution in [3.8, 4) is 0 Å². The summed E-state index contributed by atoms with van der Waals surface area (Å²) < 4.78 is 0. The van der Waals surface area contributed by atoms with Crippen LogP contribution in [0.25, 0.3) is 0 Å². The molecule has 1 aromatic carbocycles. The molecule has 0 amide bonds. The topological polar surface area (TPSA) is 55.1 Å². The monoisotopic (exact) mass is 250 g/mol. The molecule has 3 nitrogen and oxygen atoms in total.